The normalized spacial score (nSPS) is 10.0. The van der Waals surface area contributed by atoms with Gasteiger partial charge < -0.3 is 15.1 Å². The fraction of sp³-hybridized carbons (Fsp3) is 0.357. The molecule has 2 N–H and O–H groups in total. The van der Waals surface area contributed by atoms with E-state index in [1.165, 1.54) is 11.9 Å². The van der Waals surface area contributed by atoms with E-state index in [1.807, 2.05) is 19.9 Å². The summed E-state index contributed by atoms with van der Waals surface area (Å²) in [5.74, 6) is -2.53. The lowest BCUT2D eigenvalue weighted by molar-refractivity contribution is -0.140. The van der Waals surface area contributed by atoms with Crippen LogP contribution in [0.15, 0.2) is 18.2 Å². The van der Waals surface area contributed by atoms with Crippen molar-refractivity contribution in [3.8, 4) is 0 Å². The number of carbonyl (C=O) groups is 3. The molecule has 0 spiro atoms. The first-order valence-electron chi connectivity index (χ1n) is 6.25. The molecule has 0 heterocycles. The van der Waals surface area contributed by atoms with Gasteiger partial charge in [-0.05, 0) is 37.1 Å². The first kappa shape index (κ1) is 16.5. The van der Waals surface area contributed by atoms with Crippen molar-refractivity contribution in [2.24, 2.45) is 0 Å². The predicted molar refractivity (Wildman–Crippen MR) is 76.6 cm³/mol. The van der Waals surface area contributed by atoms with Crippen LogP contribution >= 0.6 is 0 Å². The molecule has 0 aliphatic rings. The zero-order chi connectivity index (χ0) is 16.2. The van der Waals surface area contributed by atoms with E-state index < -0.39 is 31.1 Å². The Hall–Kier alpha value is -2.57. The number of carboxylic acid groups (broad SMARTS) is 2. The number of carboxylic acids is 2. The molecular weight excluding hydrogens is 276 g/mol. The number of aryl methyl sites for hydroxylation is 2. The maximum Gasteiger partial charge on any atom is 0.325 e. The Balaban J connectivity index is 3.00. The summed E-state index contributed by atoms with van der Waals surface area (Å²) < 4.78 is 0. The number of hydrogen-bond acceptors (Lipinski definition) is 3. The molecule has 0 radical (unpaired) electrons. The van der Waals surface area contributed by atoms with Crippen LogP contribution in [0, 0.1) is 13.8 Å². The number of rotatable bonds is 5. The second-order valence-corrected chi connectivity index (χ2v) is 4.83. The highest BCUT2D eigenvalue weighted by molar-refractivity contribution is 5.95. The van der Waals surface area contributed by atoms with E-state index in [0.29, 0.717) is 5.69 Å². The molecule has 0 aromatic heterocycles. The summed E-state index contributed by atoms with van der Waals surface area (Å²) in [4.78, 5) is 35.8. The lowest BCUT2D eigenvalue weighted by Crippen LogP contribution is -2.46. The minimum absolute atomic E-state index is 0.582. The summed E-state index contributed by atoms with van der Waals surface area (Å²) in [5.41, 5.74) is 2.48. The maximum absolute atomic E-state index is 12.3. The highest BCUT2D eigenvalue weighted by Crippen LogP contribution is 2.18. The summed E-state index contributed by atoms with van der Waals surface area (Å²) in [6.45, 7) is 2.42. The molecule has 7 nitrogen and oxygen atoms in total. The number of aliphatic carboxylic acids is 2. The minimum atomic E-state index is -1.27. The van der Waals surface area contributed by atoms with Crippen molar-refractivity contribution in [3.05, 3.63) is 29.3 Å². The van der Waals surface area contributed by atoms with Crippen molar-refractivity contribution in [1.82, 2.24) is 4.90 Å². The number of benzene rings is 1. The third-order valence-corrected chi connectivity index (χ3v) is 2.80. The second kappa shape index (κ2) is 6.74. The predicted octanol–water partition coefficient (Wildman–Crippen LogP) is 1.33. The molecule has 21 heavy (non-hydrogen) atoms. The Morgan fingerprint density at radius 2 is 1.38 bits per heavy atom. The van der Waals surface area contributed by atoms with Gasteiger partial charge in [0.2, 0.25) is 0 Å². The first-order valence-corrected chi connectivity index (χ1v) is 6.25. The van der Waals surface area contributed by atoms with E-state index >= 15 is 0 Å². The summed E-state index contributed by atoms with van der Waals surface area (Å²) >= 11 is 0. The largest absolute Gasteiger partial charge is 0.480 e. The standard InChI is InChI=1S/C14H18N2O5/c1-9-4-10(2)6-11(5-9)15(3)14(21)16(7-12(17)18)8-13(19)20/h4-6H,7-8H2,1-3H3,(H,17,18)(H,19,20). The van der Waals surface area contributed by atoms with Gasteiger partial charge in [0.15, 0.2) is 0 Å². The fourth-order valence-electron chi connectivity index (χ4n) is 1.98. The van der Waals surface area contributed by atoms with Crippen LogP contribution in [0.1, 0.15) is 11.1 Å². The van der Waals surface area contributed by atoms with Crippen LogP contribution in [0.2, 0.25) is 0 Å². The SMILES string of the molecule is Cc1cc(C)cc(N(C)C(=O)N(CC(=O)O)CC(=O)O)c1. The Bertz CT molecular complexity index is 534. The minimum Gasteiger partial charge on any atom is -0.480 e. The van der Waals surface area contributed by atoms with E-state index in [2.05, 4.69) is 0 Å². The molecule has 0 fully saturated rings. The maximum atomic E-state index is 12.3. The molecule has 1 aromatic rings. The quantitative estimate of drug-likeness (QED) is 0.853. The lowest BCUT2D eigenvalue weighted by Gasteiger charge is -2.26. The average Bonchev–Trinajstić information content (AvgIpc) is 2.33. The first-order chi connectivity index (χ1) is 9.70. The number of hydrogen-bond donors (Lipinski definition) is 2. The van der Waals surface area contributed by atoms with E-state index in [4.69, 9.17) is 10.2 Å². The topological polar surface area (TPSA) is 98.2 Å². The third-order valence-electron chi connectivity index (χ3n) is 2.80. The van der Waals surface area contributed by atoms with E-state index in [-0.39, 0.29) is 0 Å². The lowest BCUT2D eigenvalue weighted by atomic mass is 10.1. The molecule has 114 valence electrons. The molecule has 0 bridgehead atoms. The molecule has 0 saturated heterocycles. The Labute approximate surface area is 122 Å². The molecule has 7 heteroatoms. The fourth-order valence-corrected chi connectivity index (χ4v) is 1.98. The van der Waals surface area contributed by atoms with Gasteiger partial charge in [-0.25, -0.2) is 4.79 Å². The van der Waals surface area contributed by atoms with Gasteiger partial charge in [0.25, 0.3) is 0 Å². The molecule has 0 aliphatic carbocycles. The Morgan fingerprint density at radius 3 is 1.76 bits per heavy atom. The van der Waals surface area contributed by atoms with E-state index in [1.54, 1.807) is 12.1 Å². The number of carbonyl (C=O) groups excluding carboxylic acids is 1. The molecule has 0 aliphatic heterocycles. The van der Waals surface area contributed by atoms with Crippen LogP contribution in [0.25, 0.3) is 0 Å². The van der Waals surface area contributed by atoms with Crippen molar-refractivity contribution < 1.29 is 24.6 Å². The van der Waals surface area contributed by atoms with Crippen LogP contribution in [0.4, 0.5) is 10.5 Å². The smallest absolute Gasteiger partial charge is 0.325 e. The van der Waals surface area contributed by atoms with E-state index in [0.717, 1.165) is 16.0 Å². The number of amides is 2. The van der Waals surface area contributed by atoms with E-state index in [9.17, 15) is 14.4 Å². The zero-order valence-electron chi connectivity index (χ0n) is 12.2. The van der Waals surface area contributed by atoms with Gasteiger partial charge in [-0.1, -0.05) is 6.07 Å². The van der Waals surface area contributed by atoms with Gasteiger partial charge in [0, 0.05) is 12.7 Å². The van der Waals surface area contributed by atoms with Crippen LogP contribution < -0.4 is 4.90 Å². The summed E-state index contributed by atoms with van der Waals surface area (Å²) in [7, 11) is 1.48. The Kier molecular flexibility index (Phi) is 5.29. The second-order valence-electron chi connectivity index (χ2n) is 4.83. The van der Waals surface area contributed by atoms with Crippen molar-refractivity contribution in [2.75, 3.05) is 25.0 Å². The zero-order valence-corrected chi connectivity index (χ0v) is 12.2. The summed E-state index contributed by atoms with van der Waals surface area (Å²) in [5, 5.41) is 17.6. The van der Waals surface area contributed by atoms with Crippen LogP contribution in [-0.2, 0) is 9.59 Å². The monoisotopic (exact) mass is 294 g/mol. The van der Waals surface area contributed by atoms with Crippen molar-refractivity contribution in [2.45, 2.75) is 13.8 Å². The highest BCUT2D eigenvalue weighted by Gasteiger charge is 2.23. The van der Waals surface area contributed by atoms with Gasteiger partial charge in [0.1, 0.15) is 13.1 Å². The molecular formula is C14H18N2O5. The summed E-state index contributed by atoms with van der Waals surface area (Å²) in [6, 6.07) is 4.80. The van der Waals surface area contributed by atoms with Crippen LogP contribution in [0.5, 0.6) is 0 Å². The molecule has 2 amide bonds. The third kappa shape index (κ3) is 4.79. The van der Waals surface area contributed by atoms with Crippen molar-refractivity contribution >= 4 is 23.7 Å². The van der Waals surface area contributed by atoms with Gasteiger partial charge in [-0.3, -0.25) is 14.5 Å². The molecule has 1 rings (SSSR count). The van der Waals surface area contributed by atoms with Crippen LogP contribution in [0.3, 0.4) is 0 Å². The van der Waals surface area contributed by atoms with Gasteiger partial charge in [-0.15, -0.1) is 0 Å². The van der Waals surface area contributed by atoms with Crippen molar-refractivity contribution in [1.29, 1.82) is 0 Å². The van der Waals surface area contributed by atoms with Gasteiger partial charge in [0.05, 0.1) is 0 Å². The van der Waals surface area contributed by atoms with Gasteiger partial charge >= 0.3 is 18.0 Å². The number of anilines is 1. The number of urea groups is 1. The average molecular weight is 294 g/mol. The molecule has 0 atom stereocenters. The summed E-state index contributed by atoms with van der Waals surface area (Å²) in [6.07, 6.45) is 0. The van der Waals surface area contributed by atoms with Crippen LogP contribution in [-0.4, -0.2) is 53.2 Å². The molecule has 0 unspecified atom stereocenters. The number of nitrogens with zero attached hydrogens (tertiary/aromatic N) is 2. The van der Waals surface area contributed by atoms with Gasteiger partial charge in [-0.2, -0.15) is 0 Å². The Morgan fingerprint density at radius 1 is 0.952 bits per heavy atom. The highest BCUT2D eigenvalue weighted by atomic mass is 16.4. The van der Waals surface area contributed by atoms with Crippen molar-refractivity contribution in [3.63, 3.8) is 0 Å². The molecule has 0 saturated carbocycles. The molecule has 1 aromatic carbocycles.